The molecule has 1 fully saturated rings. The second-order valence-electron chi connectivity index (χ2n) is 13.2. The standard InChI is InChI=1S/C35H38Cl2F2N4O7S/c1-34(2,3)50-33(47)43-17-23(18-43)20-7-8-24(36)27(13-20)51-28-14-29(35(37,38)39)40-31(45)30(28)32(46)42-15-21-11-25(26(49-5)12-22(21)16-42)41(19-44)9-6-10-48-4/h7-8,11-14,19,23H,6,9-10,15-18H2,1-5H3,(H,40,45). The fourth-order valence-electron chi connectivity index (χ4n) is 5.82. The van der Waals surface area contributed by atoms with E-state index in [2.05, 4.69) is 4.98 Å². The highest BCUT2D eigenvalue weighted by Crippen LogP contribution is 2.42. The summed E-state index contributed by atoms with van der Waals surface area (Å²) in [6.45, 7) is 7.16. The molecule has 0 atom stereocenters. The lowest BCUT2D eigenvalue weighted by Crippen LogP contribution is -2.50. The quantitative estimate of drug-likeness (QED) is 0.119. The number of hydrogen-bond donors (Lipinski definition) is 1. The molecular weight excluding hydrogens is 729 g/mol. The fraction of sp³-hybridized carbons (Fsp3) is 0.429. The van der Waals surface area contributed by atoms with Crippen molar-refractivity contribution in [3.8, 4) is 5.75 Å². The Hall–Kier alpha value is -3.85. The number of amides is 3. The third-order valence-electron chi connectivity index (χ3n) is 8.39. The number of benzene rings is 2. The number of ether oxygens (including phenoxy) is 3. The van der Waals surface area contributed by atoms with Crippen LogP contribution in [0.3, 0.4) is 0 Å². The van der Waals surface area contributed by atoms with Crippen LogP contribution in [0.5, 0.6) is 5.75 Å². The Morgan fingerprint density at radius 3 is 2.35 bits per heavy atom. The van der Waals surface area contributed by atoms with Crippen molar-refractivity contribution in [1.82, 2.24) is 14.8 Å². The smallest absolute Gasteiger partial charge is 0.410 e. The number of hydrogen-bond acceptors (Lipinski definition) is 8. The molecule has 11 nitrogen and oxygen atoms in total. The van der Waals surface area contributed by atoms with E-state index in [9.17, 15) is 28.0 Å². The number of likely N-dealkylation sites (tertiary alicyclic amines) is 1. The number of pyridine rings is 1. The predicted octanol–water partition coefficient (Wildman–Crippen LogP) is 6.97. The van der Waals surface area contributed by atoms with E-state index in [1.165, 1.54) is 16.9 Å². The molecular formula is C35H38Cl2F2N4O7S. The topological polar surface area (TPSA) is 121 Å². The molecule has 274 valence electrons. The van der Waals surface area contributed by atoms with Gasteiger partial charge in [-0.05, 0) is 85.8 Å². The van der Waals surface area contributed by atoms with Gasteiger partial charge in [-0.25, -0.2) is 4.79 Å². The minimum absolute atomic E-state index is 0.0442. The van der Waals surface area contributed by atoms with Crippen LogP contribution < -0.4 is 15.2 Å². The maximum atomic E-state index is 14.3. The van der Waals surface area contributed by atoms with Crippen molar-refractivity contribution < 1.29 is 37.4 Å². The molecule has 1 N–H and O–H groups in total. The van der Waals surface area contributed by atoms with Gasteiger partial charge >= 0.3 is 11.5 Å². The van der Waals surface area contributed by atoms with Crippen LogP contribution >= 0.6 is 35.0 Å². The Labute approximate surface area is 308 Å². The van der Waals surface area contributed by atoms with Gasteiger partial charge in [0, 0.05) is 62.1 Å². The van der Waals surface area contributed by atoms with Crippen molar-refractivity contribution in [2.24, 2.45) is 0 Å². The molecule has 51 heavy (non-hydrogen) atoms. The molecule has 2 aliphatic rings. The maximum Gasteiger partial charge on any atom is 0.410 e. The van der Waals surface area contributed by atoms with Crippen LogP contribution in [-0.4, -0.2) is 79.3 Å². The van der Waals surface area contributed by atoms with Crippen molar-refractivity contribution >= 4 is 59.1 Å². The van der Waals surface area contributed by atoms with Gasteiger partial charge in [-0.15, -0.1) is 0 Å². The van der Waals surface area contributed by atoms with E-state index in [-0.39, 0.29) is 34.5 Å². The van der Waals surface area contributed by atoms with Crippen LogP contribution in [0.15, 0.2) is 51.0 Å². The lowest BCUT2D eigenvalue weighted by Gasteiger charge is -2.40. The van der Waals surface area contributed by atoms with Crippen molar-refractivity contribution in [2.45, 2.75) is 67.0 Å². The fourth-order valence-corrected chi connectivity index (χ4v) is 7.21. The van der Waals surface area contributed by atoms with E-state index in [1.807, 2.05) is 0 Å². The van der Waals surface area contributed by atoms with Gasteiger partial charge in [-0.1, -0.05) is 29.4 Å². The number of anilines is 1. The Morgan fingerprint density at radius 1 is 1.06 bits per heavy atom. The summed E-state index contributed by atoms with van der Waals surface area (Å²) in [5.41, 5.74) is -0.124. The first-order valence-electron chi connectivity index (χ1n) is 16.0. The van der Waals surface area contributed by atoms with Gasteiger partial charge in [0.2, 0.25) is 6.41 Å². The van der Waals surface area contributed by atoms with Crippen molar-refractivity contribution in [3.63, 3.8) is 0 Å². The minimum atomic E-state index is -3.93. The van der Waals surface area contributed by atoms with Crippen molar-refractivity contribution in [2.75, 3.05) is 45.4 Å². The first-order chi connectivity index (χ1) is 24.0. The number of halogens is 4. The third-order valence-corrected chi connectivity index (χ3v) is 10.1. The van der Waals surface area contributed by atoms with E-state index in [4.69, 9.17) is 37.4 Å². The molecule has 0 saturated carbocycles. The zero-order chi connectivity index (χ0) is 37.2. The second-order valence-corrected chi connectivity index (χ2v) is 15.2. The number of methoxy groups -OCH3 is 2. The highest BCUT2D eigenvalue weighted by molar-refractivity contribution is 7.99. The summed E-state index contributed by atoms with van der Waals surface area (Å²) in [5, 5.41) is -3.66. The molecule has 0 radical (unpaired) electrons. The van der Waals surface area contributed by atoms with Crippen LogP contribution in [0.4, 0.5) is 19.3 Å². The Balaban J connectivity index is 1.43. The maximum absolute atomic E-state index is 14.3. The summed E-state index contributed by atoms with van der Waals surface area (Å²) >= 11 is 12.8. The number of H-pyrrole nitrogens is 1. The average molecular weight is 768 g/mol. The normalized spacial score (nSPS) is 14.6. The average Bonchev–Trinajstić information content (AvgIpc) is 3.45. The summed E-state index contributed by atoms with van der Waals surface area (Å²) in [6, 6.07) is 9.67. The molecule has 1 saturated heterocycles. The summed E-state index contributed by atoms with van der Waals surface area (Å²) in [6.07, 6.45) is 0.848. The molecule has 0 aliphatic carbocycles. The van der Waals surface area contributed by atoms with Crippen molar-refractivity contribution in [1.29, 1.82) is 0 Å². The summed E-state index contributed by atoms with van der Waals surface area (Å²) in [7, 11) is 3.04. The van der Waals surface area contributed by atoms with E-state index < -0.39 is 34.2 Å². The van der Waals surface area contributed by atoms with Crippen LogP contribution in [0, 0.1) is 0 Å². The first kappa shape index (κ1) is 38.4. The Kier molecular flexibility index (Phi) is 11.6. The van der Waals surface area contributed by atoms with Crippen LogP contribution in [-0.2, 0) is 32.7 Å². The molecule has 1 aromatic heterocycles. The van der Waals surface area contributed by atoms with E-state index in [0.717, 1.165) is 34.5 Å². The molecule has 16 heteroatoms. The molecule has 3 aromatic rings. The number of rotatable bonds is 12. The number of aromatic nitrogens is 1. The first-order valence-corrected chi connectivity index (χ1v) is 17.6. The SMILES string of the molecule is COCCCN(C=O)c1cc2c(cc1OC)CN(C(=O)c1c(Sc3cc(C4CN(C(=O)OC(C)(C)C)C4)ccc3Cl)cc(C(F)(F)Cl)[nH]c1=O)C2. The largest absolute Gasteiger partial charge is 0.495 e. The zero-order valence-electron chi connectivity index (χ0n) is 28.7. The Bertz CT molecular complexity index is 1880. The van der Waals surface area contributed by atoms with Crippen LogP contribution in [0.25, 0.3) is 0 Å². The number of carbonyl (C=O) groups excluding carboxylic acids is 3. The van der Waals surface area contributed by atoms with E-state index in [1.54, 1.807) is 63.1 Å². The summed E-state index contributed by atoms with van der Waals surface area (Å²) < 4.78 is 44.8. The number of carbonyl (C=O) groups is 3. The lowest BCUT2D eigenvalue weighted by atomic mass is 9.92. The molecule has 0 unspecified atom stereocenters. The van der Waals surface area contributed by atoms with Gasteiger partial charge in [0.15, 0.2) is 0 Å². The molecule has 0 spiro atoms. The number of nitrogens with zero attached hydrogens (tertiary/aromatic N) is 3. The number of aromatic amines is 1. The zero-order valence-corrected chi connectivity index (χ0v) is 31.0. The monoisotopic (exact) mass is 766 g/mol. The van der Waals surface area contributed by atoms with Crippen LogP contribution in [0.1, 0.15) is 65.9 Å². The molecule has 2 aliphatic heterocycles. The third kappa shape index (κ3) is 8.79. The van der Waals surface area contributed by atoms with Crippen LogP contribution in [0.2, 0.25) is 5.02 Å². The van der Waals surface area contributed by atoms with Crippen molar-refractivity contribution in [3.05, 3.63) is 79.7 Å². The van der Waals surface area contributed by atoms with Gasteiger partial charge in [0.1, 0.15) is 22.6 Å². The molecule has 3 amide bonds. The molecule has 2 aromatic carbocycles. The highest BCUT2D eigenvalue weighted by atomic mass is 35.5. The summed E-state index contributed by atoms with van der Waals surface area (Å²) in [4.78, 5) is 58.9. The molecule has 5 rings (SSSR count). The van der Waals surface area contributed by atoms with E-state index in [0.29, 0.717) is 55.4 Å². The number of alkyl halides is 3. The lowest BCUT2D eigenvalue weighted by molar-refractivity contribution is -0.107. The van der Waals surface area contributed by atoms with Gasteiger partial charge < -0.3 is 33.9 Å². The molecule has 0 bridgehead atoms. The van der Waals surface area contributed by atoms with E-state index >= 15 is 0 Å². The van der Waals surface area contributed by atoms with Gasteiger partial charge in [0.25, 0.3) is 11.5 Å². The van der Waals surface area contributed by atoms with Gasteiger partial charge in [0.05, 0.1) is 17.8 Å². The number of fused-ring (bicyclic) bond motifs is 1. The molecule has 3 heterocycles. The van der Waals surface area contributed by atoms with Gasteiger partial charge in [-0.2, -0.15) is 8.78 Å². The Morgan fingerprint density at radius 2 is 1.75 bits per heavy atom. The second kappa shape index (κ2) is 15.4. The predicted molar refractivity (Wildman–Crippen MR) is 189 cm³/mol. The highest BCUT2D eigenvalue weighted by Gasteiger charge is 2.37. The van der Waals surface area contributed by atoms with Gasteiger partial charge in [-0.3, -0.25) is 14.4 Å². The summed E-state index contributed by atoms with van der Waals surface area (Å²) in [5.74, 6) is -0.325. The number of nitrogens with one attached hydrogen (secondary N) is 1. The minimum Gasteiger partial charge on any atom is -0.495 e.